The highest BCUT2D eigenvalue weighted by Crippen LogP contribution is 2.22. The zero-order valence-corrected chi connectivity index (χ0v) is 12.3. The molecule has 1 aliphatic heterocycles. The maximum absolute atomic E-state index is 12.1. The molecule has 1 heterocycles. The van der Waals surface area contributed by atoms with E-state index in [-0.39, 0.29) is 11.8 Å². The summed E-state index contributed by atoms with van der Waals surface area (Å²) >= 11 is 0. The van der Waals surface area contributed by atoms with E-state index in [1.165, 1.54) is 0 Å². The third-order valence-electron chi connectivity index (χ3n) is 3.63. The van der Waals surface area contributed by atoms with Gasteiger partial charge in [-0.2, -0.15) is 0 Å². The van der Waals surface area contributed by atoms with Crippen molar-refractivity contribution in [2.75, 3.05) is 19.6 Å². The first kappa shape index (κ1) is 16.0. The minimum absolute atomic E-state index is 0.000991. The Morgan fingerprint density at radius 3 is 2.58 bits per heavy atom. The highest BCUT2D eigenvalue weighted by molar-refractivity contribution is 5.87. The molecule has 5 heteroatoms. The minimum Gasteiger partial charge on any atom is -0.356 e. The largest absolute Gasteiger partial charge is 0.356 e. The Morgan fingerprint density at radius 1 is 1.32 bits per heavy atom. The van der Waals surface area contributed by atoms with Gasteiger partial charge in [-0.25, -0.2) is 0 Å². The molecule has 1 rings (SSSR count). The number of hydrogen-bond donors (Lipinski definition) is 3. The van der Waals surface area contributed by atoms with Crippen LogP contribution in [-0.2, 0) is 9.59 Å². The van der Waals surface area contributed by atoms with Gasteiger partial charge in [0.2, 0.25) is 11.8 Å². The minimum atomic E-state index is -0.408. The van der Waals surface area contributed by atoms with Crippen molar-refractivity contribution in [1.29, 1.82) is 0 Å². The van der Waals surface area contributed by atoms with E-state index in [9.17, 15) is 9.59 Å². The van der Waals surface area contributed by atoms with Crippen LogP contribution in [0.25, 0.3) is 0 Å². The van der Waals surface area contributed by atoms with Crippen molar-refractivity contribution in [3.8, 4) is 0 Å². The average Bonchev–Trinajstić information content (AvgIpc) is 2.86. The van der Waals surface area contributed by atoms with Crippen LogP contribution in [0.5, 0.6) is 0 Å². The molecule has 110 valence electrons. The monoisotopic (exact) mass is 269 g/mol. The van der Waals surface area contributed by atoms with E-state index in [0.717, 1.165) is 25.8 Å². The molecular weight excluding hydrogens is 242 g/mol. The van der Waals surface area contributed by atoms with Crippen molar-refractivity contribution < 1.29 is 9.59 Å². The van der Waals surface area contributed by atoms with Gasteiger partial charge >= 0.3 is 0 Å². The van der Waals surface area contributed by atoms with Crippen LogP contribution in [0.2, 0.25) is 0 Å². The molecule has 19 heavy (non-hydrogen) atoms. The summed E-state index contributed by atoms with van der Waals surface area (Å²) in [6.45, 7) is 8.13. The lowest BCUT2D eigenvalue weighted by molar-refractivity contribution is -0.127. The van der Waals surface area contributed by atoms with Crippen molar-refractivity contribution in [3.63, 3.8) is 0 Å². The van der Waals surface area contributed by atoms with E-state index in [1.54, 1.807) is 0 Å². The van der Waals surface area contributed by atoms with Crippen molar-refractivity contribution in [1.82, 2.24) is 16.0 Å². The molecule has 1 atom stereocenters. The fourth-order valence-corrected chi connectivity index (χ4v) is 2.33. The Kier molecular flexibility index (Phi) is 6.28. The fraction of sp³-hybridized carbons (Fsp3) is 0.857. The molecule has 1 saturated heterocycles. The van der Waals surface area contributed by atoms with Crippen molar-refractivity contribution >= 4 is 11.8 Å². The lowest BCUT2D eigenvalue weighted by Crippen LogP contribution is -2.53. The standard InChI is InChI=1S/C14H27N3O2/c1-4-14(7-5-8-17-14)13(19)15-9-6-12(18)16-10-11(2)3/h11,17H,4-10H2,1-3H3,(H,15,19)(H,16,18). The molecule has 1 aliphatic rings. The Morgan fingerprint density at radius 2 is 2.05 bits per heavy atom. The Bertz CT molecular complexity index is 310. The van der Waals surface area contributed by atoms with Crippen LogP contribution in [0.1, 0.15) is 46.5 Å². The molecule has 1 unspecified atom stereocenters. The lowest BCUT2D eigenvalue weighted by Gasteiger charge is -2.26. The van der Waals surface area contributed by atoms with E-state index < -0.39 is 5.54 Å². The zero-order valence-electron chi connectivity index (χ0n) is 12.3. The zero-order chi connectivity index (χ0) is 14.3. The highest BCUT2D eigenvalue weighted by atomic mass is 16.2. The van der Waals surface area contributed by atoms with Gasteiger partial charge in [-0.15, -0.1) is 0 Å². The van der Waals surface area contributed by atoms with Crippen LogP contribution in [0.3, 0.4) is 0 Å². The molecule has 1 fully saturated rings. The molecule has 0 radical (unpaired) electrons. The Hall–Kier alpha value is -1.10. The second kappa shape index (κ2) is 7.48. The summed E-state index contributed by atoms with van der Waals surface area (Å²) in [5, 5.41) is 9.00. The van der Waals surface area contributed by atoms with Gasteiger partial charge in [-0.3, -0.25) is 9.59 Å². The molecule has 0 saturated carbocycles. The van der Waals surface area contributed by atoms with E-state index in [2.05, 4.69) is 29.8 Å². The van der Waals surface area contributed by atoms with Gasteiger partial charge in [-0.1, -0.05) is 20.8 Å². The van der Waals surface area contributed by atoms with Gasteiger partial charge in [0.1, 0.15) is 0 Å². The summed E-state index contributed by atoms with van der Waals surface area (Å²) in [7, 11) is 0. The summed E-state index contributed by atoms with van der Waals surface area (Å²) in [6.07, 6.45) is 3.06. The number of hydrogen-bond acceptors (Lipinski definition) is 3. The molecule has 0 aromatic heterocycles. The molecule has 0 aromatic carbocycles. The molecule has 0 spiro atoms. The van der Waals surface area contributed by atoms with Gasteiger partial charge in [0, 0.05) is 19.5 Å². The summed E-state index contributed by atoms with van der Waals surface area (Å²) in [6, 6.07) is 0. The van der Waals surface area contributed by atoms with E-state index >= 15 is 0 Å². The van der Waals surface area contributed by atoms with Crippen molar-refractivity contribution in [2.45, 2.75) is 52.0 Å². The molecule has 2 amide bonds. The van der Waals surface area contributed by atoms with Crippen LogP contribution in [0.4, 0.5) is 0 Å². The van der Waals surface area contributed by atoms with E-state index in [1.807, 2.05) is 6.92 Å². The molecular formula is C14H27N3O2. The second-order valence-electron chi connectivity index (χ2n) is 5.67. The topological polar surface area (TPSA) is 70.2 Å². The number of amides is 2. The number of carbonyl (C=O) groups is 2. The SMILES string of the molecule is CCC1(C(=O)NCCC(=O)NCC(C)C)CCCN1. The number of carbonyl (C=O) groups excluding carboxylic acids is 2. The smallest absolute Gasteiger partial charge is 0.240 e. The summed E-state index contributed by atoms with van der Waals surface area (Å²) in [5.74, 6) is 0.479. The van der Waals surface area contributed by atoms with Gasteiger partial charge in [-0.05, 0) is 31.7 Å². The Balaban J connectivity index is 2.25. The van der Waals surface area contributed by atoms with E-state index in [0.29, 0.717) is 25.4 Å². The first-order chi connectivity index (χ1) is 9.00. The summed E-state index contributed by atoms with van der Waals surface area (Å²) in [5.41, 5.74) is -0.408. The summed E-state index contributed by atoms with van der Waals surface area (Å²) in [4.78, 5) is 23.7. The highest BCUT2D eigenvalue weighted by Gasteiger charge is 2.38. The van der Waals surface area contributed by atoms with Crippen LogP contribution in [0.15, 0.2) is 0 Å². The van der Waals surface area contributed by atoms with Crippen LogP contribution < -0.4 is 16.0 Å². The molecule has 0 bridgehead atoms. The third-order valence-corrected chi connectivity index (χ3v) is 3.63. The van der Waals surface area contributed by atoms with Gasteiger partial charge in [0.25, 0.3) is 0 Å². The number of rotatable bonds is 7. The average molecular weight is 269 g/mol. The quantitative estimate of drug-likeness (QED) is 0.640. The van der Waals surface area contributed by atoms with Gasteiger partial charge in [0.05, 0.1) is 5.54 Å². The van der Waals surface area contributed by atoms with E-state index in [4.69, 9.17) is 0 Å². The van der Waals surface area contributed by atoms with Crippen molar-refractivity contribution in [2.24, 2.45) is 5.92 Å². The maximum atomic E-state index is 12.1. The Labute approximate surface area is 115 Å². The van der Waals surface area contributed by atoms with Gasteiger partial charge < -0.3 is 16.0 Å². The third kappa shape index (κ3) is 4.82. The predicted octanol–water partition coefficient (Wildman–Crippen LogP) is 0.797. The predicted molar refractivity (Wildman–Crippen MR) is 75.7 cm³/mol. The van der Waals surface area contributed by atoms with Crippen molar-refractivity contribution in [3.05, 3.63) is 0 Å². The first-order valence-corrected chi connectivity index (χ1v) is 7.30. The second-order valence-corrected chi connectivity index (χ2v) is 5.67. The molecule has 3 N–H and O–H groups in total. The fourth-order valence-electron chi connectivity index (χ4n) is 2.33. The van der Waals surface area contributed by atoms with Crippen LogP contribution >= 0.6 is 0 Å². The molecule has 0 aromatic rings. The number of nitrogens with one attached hydrogen (secondary N) is 3. The molecule has 5 nitrogen and oxygen atoms in total. The lowest BCUT2D eigenvalue weighted by atomic mass is 9.93. The first-order valence-electron chi connectivity index (χ1n) is 7.30. The maximum Gasteiger partial charge on any atom is 0.240 e. The van der Waals surface area contributed by atoms with Crippen LogP contribution in [-0.4, -0.2) is 37.0 Å². The van der Waals surface area contributed by atoms with Gasteiger partial charge in [0.15, 0.2) is 0 Å². The normalized spacial score (nSPS) is 22.5. The summed E-state index contributed by atoms with van der Waals surface area (Å²) < 4.78 is 0. The molecule has 0 aliphatic carbocycles. The van der Waals surface area contributed by atoms with Crippen LogP contribution in [0, 0.1) is 5.92 Å².